The van der Waals surface area contributed by atoms with E-state index in [-0.39, 0.29) is 17.3 Å². The SMILES string of the molecule is CC(OC(=O)Nc1c(C#N)cnn1-c1ccc(N2CCC(C(=O)O)CC2)cc1)c1ccccc1. The predicted octanol–water partition coefficient (Wildman–Crippen LogP) is 4.35. The van der Waals surface area contributed by atoms with Gasteiger partial charge in [0.25, 0.3) is 0 Å². The molecule has 2 heterocycles. The summed E-state index contributed by atoms with van der Waals surface area (Å²) in [4.78, 5) is 25.9. The Labute approximate surface area is 197 Å². The third-order valence-electron chi connectivity index (χ3n) is 5.97. The van der Waals surface area contributed by atoms with Crippen LogP contribution in [0.2, 0.25) is 0 Å². The van der Waals surface area contributed by atoms with Crippen molar-refractivity contribution < 1.29 is 19.4 Å². The van der Waals surface area contributed by atoms with Gasteiger partial charge in [0, 0.05) is 18.8 Å². The van der Waals surface area contributed by atoms with Gasteiger partial charge in [-0.2, -0.15) is 10.4 Å². The van der Waals surface area contributed by atoms with Crippen LogP contribution in [-0.4, -0.2) is 40.0 Å². The van der Waals surface area contributed by atoms with E-state index in [1.807, 2.05) is 60.7 Å². The maximum absolute atomic E-state index is 12.5. The van der Waals surface area contributed by atoms with Crippen LogP contribution in [0.4, 0.5) is 16.3 Å². The van der Waals surface area contributed by atoms with E-state index in [1.54, 1.807) is 6.92 Å². The van der Waals surface area contributed by atoms with Crippen molar-refractivity contribution in [3.8, 4) is 11.8 Å². The van der Waals surface area contributed by atoms with Crippen molar-refractivity contribution in [2.45, 2.75) is 25.9 Å². The maximum Gasteiger partial charge on any atom is 0.413 e. The fourth-order valence-corrected chi connectivity index (χ4v) is 4.01. The van der Waals surface area contributed by atoms with Crippen LogP contribution in [-0.2, 0) is 9.53 Å². The first-order chi connectivity index (χ1) is 16.5. The van der Waals surface area contributed by atoms with Gasteiger partial charge in [-0.05, 0) is 49.6 Å². The van der Waals surface area contributed by atoms with Gasteiger partial charge in [-0.1, -0.05) is 30.3 Å². The summed E-state index contributed by atoms with van der Waals surface area (Å²) in [6, 6.07) is 18.9. The Kier molecular flexibility index (Phi) is 6.78. The van der Waals surface area contributed by atoms with Crippen LogP contribution >= 0.6 is 0 Å². The van der Waals surface area contributed by atoms with Gasteiger partial charge in [0.1, 0.15) is 17.7 Å². The van der Waals surface area contributed by atoms with Gasteiger partial charge in [-0.15, -0.1) is 0 Å². The second-order valence-electron chi connectivity index (χ2n) is 8.13. The van der Waals surface area contributed by atoms with Crippen molar-refractivity contribution in [2.75, 3.05) is 23.3 Å². The van der Waals surface area contributed by atoms with E-state index in [1.165, 1.54) is 10.9 Å². The van der Waals surface area contributed by atoms with E-state index in [9.17, 15) is 20.0 Å². The fraction of sp³-hybridized carbons (Fsp3) is 0.280. The Bertz CT molecular complexity index is 1190. The van der Waals surface area contributed by atoms with Crippen LogP contribution in [0.15, 0.2) is 60.8 Å². The molecule has 174 valence electrons. The lowest BCUT2D eigenvalue weighted by atomic mass is 9.97. The minimum absolute atomic E-state index is 0.212. The van der Waals surface area contributed by atoms with E-state index in [2.05, 4.69) is 15.3 Å². The summed E-state index contributed by atoms with van der Waals surface area (Å²) in [5.41, 5.74) is 2.71. The monoisotopic (exact) mass is 459 g/mol. The number of carbonyl (C=O) groups is 2. The number of carboxylic acids is 1. The first-order valence-corrected chi connectivity index (χ1v) is 11.0. The third kappa shape index (κ3) is 5.02. The summed E-state index contributed by atoms with van der Waals surface area (Å²) in [6.07, 6.45) is 1.46. The van der Waals surface area contributed by atoms with E-state index >= 15 is 0 Å². The molecule has 0 bridgehead atoms. The molecule has 2 N–H and O–H groups in total. The molecule has 2 aromatic carbocycles. The van der Waals surface area contributed by atoms with Gasteiger partial charge >= 0.3 is 12.1 Å². The molecule has 1 atom stereocenters. The van der Waals surface area contributed by atoms with Gasteiger partial charge < -0.3 is 14.7 Å². The molecule has 0 aliphatic carbocycles. The second kappa shape index (κ2) is 10.1. The first-order valence-electron chi connectivity index (χ1n) is 11.0. The molecular weight excluding hydrogens is 434 g/mol. The summed E-state index contributed by atoms with van der Waals surface area (Å²) in [5, 5.41) is 25.6. The molecule has 1 fully saturated rings. The van der Waals surface area contributed by atoms with Crippen molar-refractivity contribution in [3.05, 3.63) is 71.9 Å². The van der Waals surface area contributed by atoms with Gasteiger partial charge in [0.05, 0.1) is 17.8 Å². The number of anilines is 2. The second-order valence-corrected chi connectivity index (χ2v) is 8.13. The highest BCUT2D eigenvalue weighted by molar-refractivity contribution is 5.86. The summed E-state index contributed by atoms with van der Waals surface area (Å²) in [6.45, 7) is 3.12. The molecule has 0 radical (unpaired) electrons. The Balaban J connectivity index is 1.47. The minimum atomic E-state index is -0.737. The average Bonchev–Trinajstić information content (AvgIpc) is 3.27. The lowest BCUT2D eigenvalue weighted by molar-refractivity contribution is -0.142. The van der Waals surface area contributed by atoms with Gasteiger partial charge in [0.15, 0.2) is 5.82 Å². The number of hydrogen-bond acceptors (Lipinski definition) is 6. The summed E-state index contributed by atoms with van der Waals surface area (Å²) >= 11 is 0. The summed E-state index contributed by atoms with van der Waals surface area (Å²) in [5.74, 6) is -0.802. The van der Waals surface area contributed by atoms with Crippen LogP contribution in [0, 0.1) is 17.2 Å². The Morgan fingerprint density at radius 3 is 2.38 bits per heavy atom. The normalized spacial score (nSPS) is 14.8. The van der Waals surface area contributed by atoms with Crippen LogP contribution < -0.4 is 10.2 Å². The van der Waals surface area contributed by atoms with E-state index in [0.717, 1.165) is 11.3 Å². The number of hydrogen-bond donors (Lipinski definition) is 2. The molecule has 1 aromatic heterocycles. The molecule has 9 heteroatoms. The van der Waals surface area contributed by atoms with Crippen LogP contribution in [0.5, 0.6) is 0 Å². The molecule has 1 aliphatic heterocycles. The quantitative estimate of drug-likeness (QED) is 0.562. The number of nitrogens with one attached hydrogen (secondary N) is 1. The Hall–Kier alpha value is -4.32. The first kappa shape index (κ1) is 22.9. The Morgan fingerprint density at radius 2 is 1.76 bits per heavy atom. The number of rotatable bonds is 6. The number of aliphatic carboxylic acids is 1. The lowest BCUT2D eigenvalue weighted by Gasteiger charge is -2.32. The van der Waals surface area contributed by atoms with Crippen LogP contribution in [0.1, 0.15) is 37.0 Å². The molecule has 1 aliphatic rings. The van der Waals surface area contributed by atoms with Gasteiger partial charge in [0.2, 0.25) is 0 Å². The zero-order valence-corrected chi connectivity index (χ0v) is 18.7. The fourth-order valence-electron chi connectivity index (χ4n) is 4.01. The van der Waals surface area contributed by atoms with E-state index in [4.69, 9.17) is 4.74 Å². The zero-order chi connectivity index (χ0) is 24.1. The van der Waals surface area contributed by atoms with Crippen molar-refractivity contribution in [3.63, 3.8) is 0 Å². The molecule has 4 rings (SSSR count). The van der Waals surface area contributed by atoms with Crippen LogP contribution in [0.25, 0.3) is 5.69 Å². The van der Waals surface area contributed by atoms with Crippen molar-refractivity contribution in [2.24, 2.45) is 5.92 Å². The predicted molar refractivity (Wildman–Crippen MR) is 126 cm³/mol. The standard InChI is InChI=1S/C25H25N5O4/c1-17(18-5-3-2-4-6-18)34-25(33)28-23-20(15-26)16-27-30(23)22-9-7-21(8-10-22)29-13-11-19(12-14-29)24(31)32/h2-10,16-17,19H,11-14H2,1H3,(H,28,33)(H,31,32). The number of nitrogens with zero attached hydrogens (tertiary/aromatic N) is 4. The molecule has 0 saturated carbocycles. The summed E-state index contributed by atoms with van der Waals surface area (Å²) < 4.78 is 6.95. The van der Waals surface area contributed by atoms with E-state index < -0.39 is 18.2 Å². The number of benzene rings is 2. The zero-order valence-electron chi connectivity index (χ0n) is 18.7. The smallest absolute Gasteiger partial charge is 0.413 e. The lowest BCUT2D eigenvalue weighted by Crippen LogP contribution is -2.36. The molecule has 34 heavy (non-hydrogen) atoms. The molecule has 3 aromatic rings. The summed E-state index contributed by atoms with van der Waals surface area (Å²) in [7, 11) is 0. The number of nitriles is 1. The van der Waals surface area contributed by atoms with Crippen LogP contribution in [0.3, 0.4) is 0 Å². The number of amides is 1. The van der Waals surface area contributed by atoms with Crippen molar-refractivity contribution >= 4 is 23.6 Å². The molecule has 1 unspecified atom stereocenters. The van der Waals surface area contributed by atoms with Crippen molar-refractivity contribution in [1.29, 1.82) is 5.26 Å². The van der Waals surface area contributed by atoms with Gasteiger partial charge in [-0.3, -0.25) is 10.1 Å². The largest absolute Gasteiger partial charge is 0.481 e. The highest BCUT2D eigenvalue weighted by Gasteiger charge is 2.25. The Morgan fingerprint density at radius 1 is 1.12 bits per heavy atom. The molecule has 0 spiro atoms. The van der Waals surface area contributed by atoms with Gasteiger partial charge in [-0.25, -0.2) is 9.48 Å². The van der Waals surface area contributed by atoms with E-state index in [0.29, 0.717) is 31.6 Å². The average molecular weight is 460 g/mol. The molecular formula is C25H25N5O4. The molecule has 1 amide bonds. The third-order valence-corrected chi connectivity index (χ3v) is 5.97. The topological polar surface area (TPSA) is 120 Å². The number of aromatic nitrogens is 2. The number of ether oxygens (including phenoxy) is 1. The highest BCUT2D eigenvalue weighted by Crippen LogP contribution is 2.26. The highest BCUT2D eigenvalue weighted by atomic mass is 16.6. The molecule has 9 nitrogen and oxygen atoms in total. The number of piperidine rings is 1. The number of carbonyl (C=O) groups excluding carboxylic acids is 1. The minimum Gasteiger partial charge on any atom is -0.481 e. The van der Waals surface area contributed by atoms with Crippen molar-refractivity contribution in [1.82, 2.24) is 9.78 Å². The maximum atomic E-state index is 12.5. The number of carboxylic acid groups (broad SMARTS) is 1. The molecule has 1 saturated heterocycles.